The van der Waals surface area contributed by atoms with Gasteiger partial charge in [-0.25, -0.2) is 4.39 Å². The van der Waals surface area contributed by atoms with Gasteiger partial charge in [-0.15, -0.1) is 0 Å². The molecule has 30 heavy (non-hydrogen) atoms. The number of aryl methyl sites for hydroxylation is 1. The van der Waals surface area contributed by atoms with Crippen molar-refractivity contribution < 1.29 is 14.0 Å². The number of carbonyl (C=O) groups excluding carboxylic acids is 1. The molecule has 0 fully saturated rings. The third-order valence-electron chi connectivity index (χ3n) is 5.15. The number of nitrogens with zero attached hydrogens (tertiary/aromatic N) is 3. The quantitative estimate of drug-likeness (QED) is 0.538. The van der Waals surface area contributed by atoms with Crippen LogP contribution in [0.25, 0.3) is 11.3 Å². The van der Waals surface area contributed by atoms with E-state index < -0.39 is 0 Å². The number of rotatable bonds is 6. The van der Waals surface area contributed by atoms with Crippen molar-refractivity contribution in [1.29, 1.82) is 0 Å². The summed E-state index contributed by atoms with van der Waals surface area (Å²) in [6.07, 6.45) is 3.96. The van der Waals surface area contributed by atoms with Gasteiger partial charge in [0.15, 0.2) is 5.78 Å². The number of hydrogen-bond donors (Lipinski definition) is 0. The molecule has 6 heteroatoms. The van der Waals surface area contributed by atoms with E-state index in [0.29, 0.717) is 24.3 Å². The molecule has 152 valence electrons. The second kappa shape index (κ2) is 8.53. The SMILES string of the molecule is Cc1ccc(-c2cc(C(=O)C[C@H](C)c3ccc(F)cn3)cc(C3=NOCC3)c2)nc1. The predicted molar refractivity (Wildman–Crippen MR) is 113 cm³/mol. The Balaban J connectivity index is 1.66. The van der Waals surface area contributed by atoms with Crippen molar-refractivity contribution in [3.8, 4) is 11.3 Å². The summed E-state index contributed by atoms with van der Waals surface area (Å²) in [6, 6.07) is 12.6. The smallest absolute Gasteiger partial charge is 0.163 e. The number of benzene rings is 1. The van der Waals surface area contributed by atoms with E-state index in [9.17, 15) is 9.18 Å². The summed E-state index contributed by atoms with van der Waals surface area (Å²) < 4.78 is 13.1. The van der Waals surface area contributed by atoms with E-state index in [1.807, 2.05) is 50.4 Å². The summed E-state index contributed by atoms with van der Waals surface area (Å²) in [5.41, 5.74) is 5.69. The largest absolute Gasteiger partial charge is 0.395 e. The number of oxime groups is 1. The van der Waals surface area contributed by atoms with Crippen molar-refractivity contribution in [3.63, 3.8) is 0 Å². The monoisotopic (exact) mass is 403 g/mol. The van der Waals surface area contributed by atoms with Crippen molar-refractivity contribution >= 4 is 11.5 Å². The fourth-order valence-electron chi connectivity index (χ4n) is 3.43. The van der Waals surface area contributed by atoms with Crippen molar-refractivity contribution in [2.75, 3.05) is 6.61 Å². The first kappa shape index (κ1) is 19.9. The molecule has 0 radical (unpaired) electrons. The fourth-order valence-corrected chi connectivity index (χ4v) is 3.43. The summed E-state index contributed by atoms with van der Waals surface area (Å²) in [5, 5.41) is 4.11. The van der Waals surface area contributed by atoms with E-state index in [-0.39, 0.29) is 23.9 Å². The molecule has 0 bridgehead atoms. The molecule has 3 heterocycles. The molecule has 2 aromatic heterocycles. The van der Waals surface area contributed by atoms with Crippen molar-refractivity contribution in [3.05, 3.63) is 83.1 Å². The Labute approximate surface area is 174 Å². The first-order valence-corrected chi connectivity index (χ1v) is 9.91. The van der Waals surface area contributed by atoms with Crippen molar-refractivity contribution in [2.24, 2.45) is 5.16 Å². The molecule has 0 unspecified atom stereocenters. The van der Waals surface area contributed by atoms with E-state index in [2.05, 4.69) is 15.1 Å². The maximum absolute atomic E-state index is 13.1. The Kier molecular flexibility index (Phi) is 5.65. The Morgan fingerprint density at radius 3 is 2.60 bits per heavy atom. The van der Waals surface area contributed by atoms with Gasteiger partial charge in [0.25, 0.3) is 0 Å². The Hall–Kier alpha value is -3.41. The molecule has 1 aliphatic heterocycles. The lowest BCUT2D eigenvalue weighted by molar-refractivity contribution is 0.0975. The molecular weight excluding hydrogens is 381 g/mol. The van der Waals surface area contributed by atoms with Crippen LogP contribution in [-0.4, -0.2) is 28.1 Å². The minimum absolute atomic E-state index is 0.0108. The van der Waals surface area contributed by atoms with Crippen LogP contribution in [-0.2, 0) is 4.84 Å². The number of pyridine rings is 2. The average molecular weight is 403 g/mol. The fraction of sp³-hybridized carbons (Fsp3) is 0.250. The van der Waals surface area contributed by atoms with Crippen LogP contribution in [0.15, 0.2) is 60.0 Å². The molecule has 0 saturated heterocycles. The average Bonchev–Trinajstić information content (AvgIpc) is 3.29. The second-order valence-corrected chi connectivity index (χ2v) is 7.57. The van der Waals surface area contributed by atoms with Gasteiger partial charge in [0.05, 0.1) is 17.6 Å². The number of ketones is 1. The zero-order valence-electron chi connectivity index (χ0n) is 16.9. The molecular formula is C24H22FN3O2. The molecule has 1 aliphatic rings. The van der Waals surface area contributed by atoms with Crippen LogP contribution in [0.4, 0.5) is 4.39 Å². The highest BCUT2D eigenvalue weighted by Gasteiger charge is 2.19. The van der Waals surface area contributed by atoms with E-state index >= 15 is 0 Å². The standard InChI is InChI=1S/C24H22FN3O2/c1-15-3-5-22(26-13-15)17-10-18(23-7-8-30-28-23)12-19(11-17)24(29)9-16(2)21-6-4-20(25)14-27-21/h3-6,10-14,16H,7-9H2,1-2H3/t16-/m0/s1. The number of hydrogen-bond acceptors (Lipinski definition) is 5. The highest BCUT2D eigenvalue weighted by atomic mass is 19.1. The lowest BCUT2D eigenvalue weighted by Crippen LogP contribution is -2.09. The van der Waals surface area contributed by atoms with E-state index in [1.54, 1.807) is 6.07 Å². The summed E-state index contributed by atoms with van der Waals surface area (Å²) in [6.45, 7) is 4.44. The number of halogens is 1. The van der Waals surface area contributed by atoms with E-state index in [0.717, 1.165) is 28.1 Å². The molecule has 0 amide bonds. The van der Waals surface area contributed by atoms with Crippen LogP contribution in [0.3, 0.4) is 0 Å². The lowest BCUT2D eigenvalue weighted by Gasteiger charge is -2.12. The number of carbonyl (C=O) groups is 1. The molecule has 0 aliphatic carbocycles. The van der Waals surface area contributed by atoms with Crippen LogP contribution in [0, 0.1) is 12.7 Å². The minimum atomic E-state index is -0.389. The Morgan fingerprint density at radius 1 is 1.10 bits per heavy atom. The van der Waals surface area contributed by atoms with Gasteiger partial charge in [-0.05, 0) is 48.9 Å². The van der Waals surface area contributed by atoms with Crippen molar-refractivity contribution in [1.82, 2.24) is 9.97 Å². The highest BCUT2D eigenvalue weighted by Crippen LogP contribution is 2.26. The summed E-state index contributed by atoms with van der Waals surface area (Å²) in [5.74, 6) is -0.530. The van der Waals surface area contributed by atoms with Gasteiger partial charge < -0.3 is 4.84 Å². The van der Waals surface area contributed by atoms with Gasteiger partial charge in [-0.2, -0.15) is 0 Å². The zero-order chi connectivity index (χ0) is 21.1. The maximum atomic E-state index is 13.1. The molecule has 4 rings (SSSR count). The summed E-state index contributed by atoms with van der Waals surface area (Å²) in [7, 11) is 0. The molecule has 3 aromatic rings. The van der Waals surface area contributed by atoms with Crippen LogP contribution < -0.4 is 0 Å². The predicted octanol–water partition coefficient (Wildman–Crippen LogP) is 5.09. The van der Waals surface area contributed by atoms with Gasteiger partial charge in [0.1, 0.15) is 12.4 Å². The maximum Gasteiger partial charge on any atom is 0.163 e. The van der Waals surface area contributed by atoms with Crippen LogP contribution in [0.2, 0.25) is 0 Å². The molecule has 1 atom stereocenters. The highest BCUT2D eigenvalue weighted by molar-refractivity contribution is 6.05. The summed E-state index contributed by atoms with van der Waals surface area (Å²) >= 11 is 0. The van der Waals surface area contributed by atoms with E-state index in [4.69, 9.17) is 4.84 Å². The van der Waals surface area contributed by atoms with Gasteiger partial charge in [-0.1, -0.05) is 18.1 Å². The van der Waals surface area contributed by atoms with Crippen LogP contribution in [0.1, 0.15) is 52.9 Å². The third-order valence-corrected chi connectivity index (χ3v) is 5.15. The third kappa shape index (κ3) is 4.43. The normalized spacial score (nSPS) is 14.2. The molecule has 1 aromatic carbocycles. The topological polar surface area (TPSA) is 64.4 Å². The zero-order valence-corrected chi connectivity index (χ0v) is 16.9. The van der Waals surface area contributed by atoms with Gasteiger partial charge in [0.2, 0.25) is 0 Å². The van der Waals surface area contributed by atoms with Crippen molar-refractivity contribution in [2.45, 2.75) is 32.6 Å². The van der Waals surface area contributed by atoms with Crippen LogP contribution in [0.5, 0.6) is 0 Å². The number of aromatic nitrogens is 2. The first-order chi connectivity index (χ1) is 14.5. The minimum Gasteiger partial charge on any atom is -0.395 e. The van der Waals surface area contributed by atoms with Gasteiger partial charge in [-0.3, -0.25) is 14.8 Å². The molecule has 0 spiro atoms. The molecule has 0 saturated carbocycles. The first-order valence-electron chi connectivity index (χ1n) is 9.91. The molecule has 5 nitrogen and oxygen atoms in total. The second-order valence-electron chi connectivity index (χ2n) is 7.57. The van der Waals surface area contributed by atoms with Gasteiger partial charge >= 0.3 is 0 Å². The van der Waals surface area contributed by atoms with Gasteiger partial charge in [0, 0.05) is 47.3 Å². The summed E-state index contributed by atoms with van der Waals surface area (Å²) in [4.78, 5) is 26.9. The van der Waals surface area contributed by atoms with E-state index in [1.165, 1.54) is 12.3 Å². The van der Waals surface area contributed by atoms with Crippen LogP contribution >= 0.6 is 0 Å². The Bertz CT molecular complexity index is 1090. The number of Topliss-reactive ketones (excluding diaryl/α,β-unsaturated/α-hetero) is 1. The Morgan fingerprint density at radius 2 is 1.93 bits per heavy atom. The molecule has 0 N–H and O–H groups in total. The lowest BCUT2D eigenvalue weighted by atomic mass is 9.92.